The van der Waals surface area contributed by atoms with E-state index in [0.717, 1.165) is 25.4 Å². The normalized spacial score (nSPS) is 28.6. The molecule has 1 aromatic rings. The second kappa shape index (κ2) is 4.07. The van der Waals surface area contributed by atoms with Gasteiger partial charge in [0.15, 0.2) is 0 Å². The fourth-order valence-corrected chi connectivity index (χ4v) is 3.51. The number of nitrogens with one attached hydrogen (secondary N) is 1. The summed E-state index contributed by atoms with van der Waals surface area (Å²) in [5.41, 5.74) is 2.87. The monoisotopic (exact) mass is 246 g/mol. The first-order valence-electron chi connectivity index (χ1n) is 7.32. The van der Waals surface area contributed by atoms with E-state index in [2.05, 4.69) is 21.8 Å². The van der Waals surface area contributed by atoms with Crippen LogP contribution in [0.15, 0.2) is 0 Å². The van der Waals surface area contributed by atoms with Crippen LogP contribution in [0.5, 0.6) is 0 Å². The molecule has 0 aromatic carbocycles. The first kappa shape index (κ1) is 11.0. The molecule has 0 radical (unpaired) electrons. The summed E-state index contributed by atoms with van der Waals surface area (Å²) < 4.78 is 2.64. The van der Waals surface area contributed by atoms with E-state index in [0.29, 0.717) is 6.04 Å². The van der Waals surface area contributed by atoms with Crippen molar-refractivity contribution >= 4 is 0 Å². The van der Waals surface area contributed by atoms with Gasteiger partial charge in [0, 0.05) is 43.7 Å². The maximum Gasteiger partial charge on any atom is 0.112 e. The molecule has 1 N–H and O–H groups in total. The number of imidazole rings is 1. The lowest BCUT2D eigenvalue weighted by Crippen LogP contribution is -2.26. The van der Waals surface area contributed by atoms with Crippen LogP contribution in [0, 0.1) is 0 Å². The van der Waals surface area contributed by atoms with Crippen LogP contribution in [0.25, 0.3) is 0 Å². The third-order valence-electron chi connectivity index (χ3n) is 4.63. The van der Waals surface area contributed by atoms with Crippen molar-refractivity contribution < 1.29 is 0 Å². The first-order valence-corrected chi connectivity index (χ1v) is 7.32. The van der Waals surface area contributed by atoms with Crippen molar-refractivity contribution in [1.82, 2.24) is 19.8 Å². The van der Waals surface area contributed by atoms with Gasteiger partial charge in [-0.05, 0) is 32.9 Å². The fraction of sp³-hybridized carbons (Fsp3) is 0.786. The van der Waals surface area contributed by atoms with Crippen LogP contribution < -0.4 is 5.32 Å². The number of likely N-dealkylation sites (N-methyl/N-ethyl adjacent to an activating group) is 1. The molecule has 1 unspecified atom stereocenters. The van der Waals surface area contributed by atoms with Crippen LogP contribution in [-0.2, 0) is 13.0 Å². The van der Waals surface area contributed by atoms with Crippen LogP contribution >= 0.6 is 0 Å². The van der Waals surface area contributed by atoms with E-state index in [1.54, 1.807) is 0 Å². The molecule has 98 valence electrons. The number of rotatable bonds is 2. The number of nitrogens with zero attached hydrogens (tertiary/aromatic N) is 3. The van der Waals surface area contributed by atoms with Gasteiger partial charge in [-0.3, -0.25) is 0 Å². The minimum absolute atomic E-state index is 0.681. The number of hydrogen-bond acceptors (Lipinski definition) is 3. The molecule has 1 aromatic heterocycles. The third kappa shape index (κ3) is 1.70. The van der Waals surface area contributed by atoms with E-state index < -0.39 is 0 Å². The Morgan fingerprint density at radius 2 is 2.17 bits per heavy atom. The smallest absolute Gasteiger partial charge is 0.112 e. The SMILES string of the molecule is CN1CCC(n2c(C3CC3)nc3c2CCNC3)C1. The second-order valence-corrected chi connectivity index (χ2v) is 6.14. The van der Waals surface area contributed by atoms with Gasteiger partial charge >= 0.3 is 0 Å². The average Bonchev–Trinajstić information content (AvgIpc) is 3.03. The lowest BCUT2D eigenvalue weighted by atomic mass is 10.1. The highest BCUT2D eigenvalue weighted by Gasteiger charge is 2.35. The molecule has 1 atom stereocenters. The Morgan fingerprint density at radius 3 is 2.89 bits per heavy atom. The predicted octanol–water partition coefficient (Wildman–Crippen LogP) is 1.28. The lowest BCUT2D eigenvalue weighted by molar-refractivity contribution is 0.385. The molecular formula is C14H22N4. The summed E-state index contributed by atoms with van der Waals surface area (Å²) in [7, 11) is 2.24. The van der Waals surface area contributed by atoms with Crippen molar-refractivity contribution in [2.45, 2.75) is 44.2 Å². The minimum atomic E-state index is 0.681. The zero-order chi connectivity index (χ0) is 12.1. The molecule has 1 saturated heterocycles. The van der Waals surface area contributed by atoms with E-state index in [1.165, 1.54) is 49.6 Å². The Kier molecular flexibility index (Phi) is 2.49. The Hall–Kier alpha value is -0.870. The van der Waals surface area contributed by atoms with E-state index in [1.807, 2.05) is 0 Å². The molecule has 3 heterocycles. The van der Waals surface area contributed by atoms with Crippen LogP contribution in [0.4, 0.5) is 0 Å². The molecule has 2 fully saturated rings. The van der Waals surface area contributed by atoms with Crippen molar-refractivity contribution in [3.05, 3.63) is 17.2 Å². The number of fused-ring (bicyclic) bond motifs is 1. The molecule has 1 aliphatic carbocycles. The molecule has 18 heavy (non-hydrogen) atoms. The van der Waals surface area contributed by atoms with Crippen molar-refractivity contribution in [2.24, 2.45) is 0 Å². The Morgan fingerprint density at radius 1 is 1.28 bits per heavy atom. The molecule has 4 heteroatoms. The van der Waals surface area contributed by atoms with E-state index in [9.17, 15) is 0 Å². The molecule has 0 amide bonds. The molecule has 4 rings (SSSR count). The summed E-state index contributed by atoms with van der Waals surface area (Å²) in [6.45, 7) is 4.53. The summed E-state index contributed by atoms with van der Waals surface area (Å²) >= 11 is 0. The van der Waals surface area contributed by atoms with Crippen molar-refractivity contribution in [3.8, 4) is 0 Å². The van der Waals surface area contributed by atoms with Crippen molar-refractivity contribution in [1.29, 1.82) is 0 Å². The maximum atomic E-state index is 4.96. The Labute approximate surface area is 108 Å². The van der Waals surface area contributed by atoms with Crippen molar-refractivity contribution in [3.63, 3.8) is 0 Å². The highest BCUT2D eigenvalue weighted by Crippen LogP contribution is 2.42. The third-order valence-corrected chi connectivity index (χ3v) is 4.63. The molecular weight excluding hydrogens is 224 g/mol. The zero-order valence-electron chi connectivity index (χ0n) is 11.2. The summed E-state index contributed by atoms with van der Waals surface area (Å²) in [5.74, 6) is 2.17. The predicted molar refractivity (Wildman–Crippen MR) is 70.8 cm³/mol. The van der Waals surface area contributed by atoms with Gasteiger partial charge in [0.05, 0.1) is 5.69 Å². The van der Waals surface area contributed by atoms with E-state index in [-0.39, 0.29) is 0 Å². The first-order chi connectivity index (χ1) is 8.83. The molecule has 0 bridgehead atoms. The van der Waals surface area contributed by atoms with Gasteiger partial charge < -0.3 is 14.8 Å². The summed E-state index contributed by atoms with van der Waals surface area (Å²) in [6, 6.07) is 0.681. The van der Waals surface area contributed by atoms with Crippen LogP contribution in [0.1, 0.15) is 48.4 Å². The number of likely N-dealkylation sites (tertiary alicyclic amines) is 1. The summed E-state index contributed by atoms with van der Waals surface area (Å²) in [4.78, 5) is 7.42. The van der Waals surface area contributed by atoms with Gasteiger partial charge in [-0.2, -0.15) is 0 Å². The van der Waals surface area contributed by atoms with Crippen LogP contribution in [0.2, 0.25) is 0 Å². The molecule has 2 aliphatic heterocycles. The van der Waals surface area contributed by atoms with Crippen LogP contribution in [-0.4, -0.2) is 41.1 Å². The molecule has 4 nitrogen and oxygen atoms in total. The van der Waals surface area contributed by atoms with Gasteiger partial charge in [-0.25, -0.2) is 4.98 Å². The Bertz CT molecular complexity index is 461. The molecule has 1 saturated carbocycles. The van der Waals surface area contributed by atoms with Gasteiger partial charge in [-0.1, -0.05) is 0 Å². The fourth-order valence-electron chi connectivity index (χ4n) is 3.51. The number of hydrogen-bond donors (Lipinski definition) is 1. The van der Waals surface area contributed by atoms with Gasteiger partial charge in [0.25, 0.3) is 0 Å². The van der Waals surface area contributed by atoms with Crippen molar-refractivity contribution in [2.75, 3.05) is 26.7 Å². The minimum Gasteiger partial charge on any atom is -0.327 e. The average molecular weight is 246 g/mol. The number of aromatic nitrogens is 2. The molecule has 3 aliphatic rings. The largest absolute Gasteiger partial charge is 0.327 e. The highest BCUT2D eigenvalue weighted by molar-refractivity contribution is 5.25. The molecule has 0 spiro atoms. The standard InChI is InChI=1S/C14H22N4/c1-17-7-5-11(9-17)18-13-4-6-15-8-12(13)16-14(18)10-2-3-10/h10-11,15H,2-9H2,1H3. The zero-order valence-corrected chi connectivity index (χ0v) is 11.2. The van der Waals surface area contributed by atoms with Crippen LogP contribution in [0.3, 0.4) is 0 Å². The topological polar surface area (TPSA) is 33.1 Å². The van der Waals surface area contributed by atoms with Gasteiger partial charge in [0.2, 0.25) is 0 Å². The summed E-state index contributed by atoms with van der Waals surface area (Å²) in [6.07, 6.45) is 5.17. The quantitative estimate of drug-likeness (QED) is 0.853. The second-order valence-electron chi connectivity index (χ2n) is 6.14. The maximum absolute atomic E-state index is 4.96. The van der Waals surface area contributed by atoms with E-state index >= 15 is 0 Å². The Balaban J connectivity index is 1.76. The lowest BCUT2D eigenvalue weighted by Gasteiger charge is -2.21. The highest BCUT2D eigenvalue weighted by atomic mass is 15.2. The van der Waals surface area contributed by atoms with E-state index in [4.69, 9.17) is 4.98 Å². The van der Waals surface area contributed by atoms with Gasteiger partial charge in [-0.15, -0.1) is 0 Å². The van der Waals surface area contributed by atoms with Gasteiger partial charge in [0.1, 0.15) is 5.82 Å². The summed E-state index contributed by atoms with van der Waals surface area (Å²) in [5, 5.41) is 3.45.